The maximum absolute atomic E-state index is 3.93. The second-order valence-electron chi connectivity index (χ2n) is 7.33. The second-order valence-corrected chi connectivity index (χ2v) is 7.33. The zero-order chi connectivity index (χ0) is 13.7. The van der Waals surface area contributed by atoms with Crippen molar-refractivity contribution in [1.82, 2.24) is 10.2 Å². The van der Waals surface area contributed by atoms with E-state index >= 15 is 0 Å². The van der Waals surface area contributed by atoms with E-state index in [0.29, 0.717) is 5.54 Å². The van der Waals surface area contributed by atoms with Crippen molar-refractivity contribution in [3.05, 3.63) is 0 Å². The van der Waals surface area contributed by atoms with Crippen molar-refractivity contribution in [1.29, 1.82) is 0 Å². The largest absolute Gasteiger partial charge is 0.308 e. The van der Waals surface area contributed by atoms with Crippen LogP contribution in [0.3, 0.4) is 0 Å². The van der Waals surface area contributed by atoms with Gasteiger partial charge in [0, 0.05) is 24.7 Å². The molecule has 2 fully saturated rings. The van der Waals surface area contributed by atoms with Crippen LogP contribution >= 0.6 is 0 Å². The van der Waals surface area contributed by atoms with Gasteiger partial charge in [0.2, 0.25) is 0 Å². The molecule has 0 aromatic rings. The Morgan fingerprint density at radius 2 is 1.95 bits per heavy atom. The topological polar surface area (TPSA) is 15.3 Å². The van der Waals surface area contributed by atoms with Crippen LogP contribution in [0.4, 0.5) is 0 Å². The molecule has 1 unspecified atom stereocenters. The summed E-state index contributed by atoms with van der Waals surface area (Å²) < 4.78 is 0. The molecule has 112 valence electrons. The molecule has 0 amide bonds. The third-order valence-electron chi connectivity index (χ3n) is 5.09. The maximum atomic E-state index is 3.93. The predicted octanol–water partition coefficient (Wildman–Crippen LogP) is 3.81. The monoisotopic (exact) mass is 266 g/mol. The van der Waals surface area contributed by atoms with Gasteiger partial charge in [0.05, 0.1) is 0 Å². The van der Waals surface area contributed by atoms with Crippen molar-refractivity contribution >= 4 is 0 Å². The van der Waals surface area contributed by atoms with Gasteiger partial charge in [0.1, 0.15) is 0 Å². The van der Waals surface area contributed by atoms with Gasteiger partial charge in [-0.15, -0.1) is 0 Å². The Morgan fingerprint density at radius 1 is 1.21 bits per heavy atom. The number of hydrogen-bond donors (Lipinski definition) is 1. The number of nitrogens with one attached hydrogen (secondary N) is 1. The lowest BCUT2D eigenvalue weighted by atomic mass is 9.89. The zero-order valence-electron chi connectivity index (χ0n) is 13.4. The molecule has 0 bridgehead atoms. The summed E-state index contributed by atoms with van der Waals surface area (Å²) in [5.74, 6) is 0.818. The number of rotatable bonds is 6. The summed E-state index contributed by atoms with van der Waals surface area (Å²) in [5.41, 5.74) is 0.486. The fraction of sp³-hybridized carbons (Fsp3) is 1.00. The lowest BCUT2D eigenvalue weighted by Gasteiger charge is -2.47. The average Bonchev–Trinajstić information content (AvgIpc) is 2.81. The van der Waals surface area contributed by atoms with E-state index in [1.807, 2.05) is 0 Å². The normalized spacial score (nSPS) is 27.5. The van der Waals surface area contributed by atoms with Crippen molar-refractivity contribution < 1.29 is 0 Å². The summed E-state index contributed by atoms with van der Waals surface area (Å²) >= 11 is 0. The summed E-state index contributed by atoms with van der Waals surface area (Å²) in [6.45, 7) is 10.9. The van der Waals surface area contributed by atoms with E-state index in [1.165, 1.54) is 71.0 Å². The van der Waals surface area contributed by atoms with E-state index in [0.717, 1.165) is 12.0 Å². The standard InChI is InChI=1S/C17H34N2/c1-4-5-8-11-19-14-17(9-6-7-10-17)18-13-16(19)12-15(2)3/h15-16,18H,4-14H2,1-3H3. The van der Waals surface area contributed by atoms with Gasteiger partial charge in [-0.3, -0.25) is 4.90 Å². The minimum atomic E-state index is 0.486. The van der Waals surface area contributed by atoms with Gasteiger partial charge >= 0.3 is 0 Å². The molecule has 19 heavy (non-hydrogen) atoms. The van der Waals surface area contributed by atoms with E-state index < -0.39 is 0 Å². The Hall–Kier alpha value is -0.0800. The average molecular weight is 266 g/mol. The van der Waals surface area contributed by atoms with Crippen molar-refractivity contribution in [3.63, 3.8) is 0 Å². The van der Waals surface area contributed by atoms with Crippen LogP contribution in [0.1, 0.15) is 72.1 Å². The zero-order valence-corrected chi connectivity index (χ0v) is 13.4. The van der Waals surface area contributed by atoms with Gasteiger partial charge in [-0.05, 0) is 38.1 Å². The Labute approximate surface area is 120 Å². The lowest BCUT2D eigenvalue weighted by molar-refractivity contribution is 0.0679. The molecule has 2 nitrogen and oxygen atoms in total. The third kappa shape index (κ3) is 4.19. The molecule has 1 spiro atoms. The van der Waals surface area contributed by atoms with Crippen molar-refractivity contribution in [2.24, 2.45) is 5.92 Å². The molecule has 1 aliphatic carbocycles. The molecular formula is C17H34N2. The van der Waals surface area contributed by atoms with E-state index in [2.05, 4.69) is 31.0 Å². The van der Waals surface area contributed by atoms with Crippen LogP contribution in [-0.4, -0.2) is 36.1 Å². The van der Waals surface area contributed by atoms with E-state index in [1.54, 1.807) is 0 Å². The first kappa shape index (κ1) is 15.3. The molecule has 2 rings (SSSR count). The van der Waals surface area contributed by atoms with E-state index in [-0.39, 0.29) is 0 Å². The SMILES string of the molecule is CCCCCN1CC2(CCCC2)NCC1CC(C)C. The highest BCUT2D eigenvalue weighted by Gasteiger charge is 2.40. The van der Waals surface area contributed by atoms with Gasteiger partial charge in [-0.1, -0.05) is 46.5 Å². The Kier molecular flexibility index (Phi) is 5.70. The minimum Gasteiger partial charge on any atom is -0.308 e. The molecule has 1 atom stereocenters. The summed E-state index contributed by atoms with van der Waals surface area (Å²) in [7, 11) is 0. The molecule has 1 saturated heterocycles. The number of hydrogen-bond acceptors (Lipinski definition) is 2. The second kappa shape index (κ2) is 7.08. The molecule has 1 heterocycles. The minimum absolute atomic E-state index is 0.486. The molecule has 2 heteroatoms. The van der Waals surface area contributed by atoms with Gasteiger partial charge in [0.25, 0.3) is 0 Å². The molecule has 1 saturated carbocycles. The van der Waals surface area contributed by atoms with Crippen molar-refractivity contribution in [2.75, 3.05) is 19.6 Å². The van der Waals surface area contributed by atoms with Crippen molar-refractivity contribution in [2.45, 2.75) is 83.7 Å². The number of nitrogens with zero attached hydrogens (tertiary/aromatic N) is 1. The first-order valence-electron chi connectivity index (χ1n) is 8.64. The van der Waals surface area contributed by atoms with Crippen LogP contribution in [0.25, 0.3) is 0 Å². The van der Waals surface area contributed by atoms with Crippen LogP contribution in [-0.2, 0) is 0 Å². The fourth-order valence-electron chi connectivity index (χ4n) is 4.03. The first-order valence-corrected chi connectivity index (χ1v) is 8.64. The molecule has 0 aromatic carbocycles. The van der Waals surface area contributed by atoms with Gasteiger partial charge < -0.3 is 5.32 Å². The molecule has 0 aromatic heterocycles. The highest BCUT2D eigenvalue weighted by atomic mass is 15.3. The third-order valence-corrected chi connectivity index (χ3v) is 5.09. The highest BCUT2D eigenvalue weighted by molar-refractivity contribution is 5.01. The van der Waals surface area contributed by atoms with Crippen LogP contribution in [0, 0.1) is 5.92 Å². The van der Waals surface area contributed by atoms with Crippen LogP contribution in [0.15, 0.2) is 0 Å². The van der Waals surface area contributed by atoms with Crippen LogP contribution in [0.2, 0.25) is 0 Å². The van der Waals surface area contributed by atoms with E-state index in [9.17, 15) is 0 Å². The Bertz CT molecular complexity index is 256. The van der Waals surface area contributed by atoms with Gasteiger partial charge in [-0.25, -0.2) is 0 Å². The highest BCUT2D eigenvalue weighted by Crippen LogP contribution is 2.34. The Balaban J connectivity index is 1.92. The maximum Gasteiger partial charge on any atom is 0.0309 e. The molecular weight excluding hydrogens is 232 g/mol. The smallest absolute Gasteiger partial charge is 0.0309 e. The lowest BCUT2D eigenvalue weighted by Crippen LogP contribution is -2.63. The molecule has 1 N–H and O–H groups in total. The Morgan fingerprint density at radius 3 is 2.58 bits per heavy atom. The summed E-state index contributed by atoms with van der Waals surface area (Å²) in [6, 6.07) is 0.781. The summed E-state index contributed by atoms with van der Waals surface area (Å²) in [5, 5.41) is 3.93. The number of unbranched alkanes of at least 4 members (excludes halogenated alkanes) is 2. The van der Waals surface area contributed by atoms with Crippen molar-refractivity contribution in [3.8, 4) is 0 Å². The van der Waals surface area contributed by atoms with Gasteiger partial charge in [0.15, 0.2) is 0 Å². The number of piperazine rings is 1. The molecule has 2 aliphatic rings. The first-order chi connectivity index (χ1) is 9.15. The van der Waals surface area contributed by atoms with Crippen LogP contribution in [0.5, 0.6) is 0 Å². The van der Waals surface area contributed by atoms with Crippen LogP contribution < -0.4 is 5.32 Å². The molecule has 0 radical (unpaired) electrons. The predicted molar refractivity (Wildman–Crippen MR) is 83.5 cm³/mol. The summed E-state index contributed by atoms with van der Waals surface area (Å²) in [6.07, 6.45) is 11.2. The van der Waals surface area contributed by atoms with Gasteiger partial charge in [-0.2, -0.15) is 0 Å². The summed E-state index contributed by atoms with van der Waals surface area (Å²) in [4.78, 5) is 2.83. The van der Waals surface area contributed by atoms with E-state index in [4.69, 9.17) is 0 Å². The fourth-order valence-corrected chi connectivity index (χ4v) is 4.03. The quantitative estimate of drug-likeness (QED) is 0.736. The molecule has 1 aliphatic heterocycles.